The van der Waals surface area contributed by atoms with Crippen molar-refractivity contribution in [2.75, 3.05) is 19.6 Å². The lowest BCUT2D eigenvalue weighted by molar-refractivity contribution is -0.124. The van der Waals surface area contributed by atoms with E-state index in [1.165, 1.54) is 12.1 Å². The van der Waals surface area contributed by atoms with Crippen LogP contribution in [0.5, 0.6) is 5.75 Å². The van der Waals surface area contributed by atoms with E-state index in [1.807, 2.05) is 4.90 Å². The summed E-state index contributed by atoms with van der Waals surface area (Å²) in [6.07, 6.45) is 0. The van der Waals surface area contributed by atoms with Gasteiger partial charge < -0.3 is 16.2 Å². The van der Waals surface area contributed by atoms with Crippen LogP contribution >= 0.6 is 0 Å². The van der Waals surface area contributed by atoms with Gasteiger partial charge in [0.25, 0.3) is 0 Å². The lowest BCUT2D eigenvalue weighted by Crippen LogP contribution is -2.56. The number of hydrogen-bond acceptors (Lipinski definition) is 4. The fraction of sp³-hybridized carbons (Fsp3) is 0.417. The van der Waals surface area contributed by atoms with E-state index in [0.29, 0.717) is 25.2 Å². The predicted octanol–water partition coefficient (Wildman–Crippen LogP) is -0.210. The number of carbonyl (C=O) groups excluding carboxylic acids is 1. The molecule has 0 aromatic heterocycles. The summed E-state index contributed by atoms with van der Waals surface area (Å²) in [5, 5.41) is 12.4. The third kappa shape index (κ3) is 2.96. The van der Waals surface area contributed by atoms with Crippen molar-refractivity contribution in [3.8, 4) is 5.75 Å². The molecule has 4 N–H and O–H groups in total. The van der Waals surface area contributed by atoms with Crippen LogP contribution in [0.3, 0.4) is 0 Å². The standard InChI is InChI=1S/C12H16FN3O2/c13-9-3-8(4-10(17)5-9)7-16-2-1-15-6-11(16)12(14)18/h3-5,11,15,17H,1-2,6-7H2,(H2,14,18). The molecule has 1 aromatic carbocycles. The van der Waals surface area contributed by atoms with Gasteiger partial charge in [-0.3, -0.25) is 9.69 Å². The Hall–Kier alpha value is -1.66. The Morgan fingerprint density at radius 3 is 3.00 bits per heavy atom. The highest BCUT2D eigenvalue weighted by molar-refractivity contribution is 5.80. The summed E-state index contributed by atoms with van der Waals surface area (Å²) in [4.78, 5) is 13.2. The summed E-state index contributed by atoms with van der Waals surface area (Å²) in [7, 11) is 0. The van der Waals surface area contributed by atoms with Crippen LogP contribution in [0.25, 0.3) is 0 Å². The van der Waals surface area contributed by atoms with Gasteiger partial charge in [0.05, 0.1) is 0 Å². The number of nitrogens with two attached hydrogens (primary N) is 1. The number of benzene rings is 1. The van der Waals surface area contributed by atoms with Crippen LogP contribution < -0.4 is 11.1 Å². The van der Waals surface area contributed by atoms with Crippen LogP contribution in [-0.2, 0) is 11.3 Å². The first kappa shape index (κ1) is 12.8. The lowest BCUT2D eigenvalue weighted by atomic mass is 10.1. The molecule has 18 heavy (non-hydrogen) atoms. The first-order valence-corrected chi connectivity index (χ1v) is 5.79. The van der Waals surface area contributed by atoms with Gasteiger partial charge in [0, 0.05) is 32.2 Å². The van der Waals surface area contributed by atoms with E-state index < -0.39 is 17.8 Å². The van der Waals surface area contributed by atoms with E-state index in [-0.39, 0.29) is 5.75 Å². The molecular formula is C12H16FN3O2. The first-order chi connectivity index (χ1) is 8.56. The molecular weight excluding hydrogens is 237 g/mol. The number of rotatable bonds is 3. The molecule has 0 saturated carbocycles. The van der Waals surface area contributed by atoms with Gasteiger partial charge in [0.2, 0.25) is 5.91 Å². The fourth-order valence-electron chi connectivity index (χ4n) is 2.18. The molecule has 1 saturated heterocycles. The van der Waals surface area contributed by atoms with Crippen LogP contribution in [0.2, 0.25) is 0 Å². The number of nitrogens with zero attached hydrogens (tertiary/aromatic N) is 1. The smallest absolute Gasteiger partial charge is 0.236 e. The number of hydrogen-bond donors (Lipinski definition) is 3. The van der Waals surface area contributed by atoms with Crippen molar-refractivity contribution in [1.29, 1.82) is 0 Å². The SMILES string of the molecule is NC(=O)C1CNCCN1Cc1cc(O)cc(F)c1. The summed E-state index contributed by atoms with van der Waals surface area (Å²) in [6, 6.07) is 3.49. The highest BCUT2D eigenvalue weighted by Crippen LogP contribution is 2.17. The molecule has 0 aliphatic carbocycles. The van der Waals surface area contributed by atoms with Crippen LogP contribution in [0.1, 0.15) is 5.56 Å². The minimum atomic E-state index is -0.490. The van der Waals surface area contributed by atoms with Crippen molar-refractivity contribution in [2.45, 2.75) is 12.6 Å². The number of phenolic OH excluding ortho intramolecular Hbond substituents is 1. The summed E-state index contributed by atoms with van der Waals surface area (Å²) in [5.41, 5.74) is 5.95. The van der Waals surface area contributed by atoms with Gasteiger partial charge in [0.15, 0.2) is 0 Å². The Balaban J connectivity index is 2.13. The topological polar surface area (TPSA) is 78.6 Å². The zero-order chi connectivity index (χ0) is 13.1. The van der Waals surface area contributed by atoms with Gasteiger partial charge in [0.1, 0.15) is 17.6 Å². The number of halogens is 1. The van der Waals surface area contributed by atoms with E-state index in [4.69, 9.17) is 5.73 Å². The number of nitrogens with one attached hydrogen (secondary N) is 1. The maximum atomic E-state index is 13.2. The molecule has 1 amide bonds. The minimum absolute atomic E-state index is 0.115. The molecule has 98 valence electrons. The van der Waals surface area contributed by atoms with E-state index >= 15 is 0 Å². The van der Waals surface area contributed by atoms with Crippen molar-refractivity contribution in [3.05, 3.63) is 29.6 Å². The summed E-state index contributed by atoms with van der Waals surface area (Å²) < 4.78 is 13.2. The number of phenols is 1. The normalized spacial score (nSPS) is 20.8. The second kappa shape index (κ2) is 5.32. The maximum Gasteiger partial charge on any atom is 0.236 e. The number of aromatic hydroxyl groups is 1. The van der Waals surface area contributed by atoms with Crippen LogP contribution in [0.4, 0.5) is 4.39 Å². The van der Waals surface area contributed by atoms with Gasteiger partial charge >= 0.3 is 0 Å². The minimum Gasteiger partial charge on any atom is -0.508 e. The number of piperazine rings is 1. The second-order valence-corrected chi connectivity index (χ2v) is 4.41. The molecule has 6 heteroatoms. The molecule has 0 spiro atoms. The molecule has 1 fully saturated rings. The van der Waals surface area contributed by atoms with Crippen molar-refractivity contribution >= 4 is 5.91 Å². The largest absolute Gasteiger partial charge is 0.508 e. The van der Waals surface area contributed by atoms with Crippen molar-refractivity contribution in [2.24, 2.45) is 5.73 Å². The second-order valence-electron chi connectivity index (χ2n) is 4.41. The molecule has 1 aliphatic rings. The maximum absolute atomic E-state index is 13.2. The third-order valence-corrected chi connectivity index (χ3v) is 3.01. The average Bonchev–Trinajstić information content (AvgIpc) is 2.27. The van der Waals surface area contributed by atoms with Gasteiger partial charge in [-0.25, -0.2) is 4.39 Å². The van der Waals surface area contributed by atoms with Gasteiger partial charge in [-0.1, -0.05) is 0 Å². The van der Waals surface area contributed by atoms with E-state index in [2.05, 4.69) is 5.32 Å². The Bertz CT molecular complexity index is 433. The average molecular weight is 253 g/mol. The monoisotopic (exact) mass is 253 g/mol. The molecule has 5 nitrogen and oxygen atoms in total. The van der Waals surface area contributed by atoms with Crippen LogP contribution in [0.15, 0.2) is 18.2 Å². The van der Waals surface area contributed by atoms with Crippen molar-refractivity contribution in [3.63, 3.8) is 0 Å². The molecule has 1 heterocycles. The Kier molecular flexibility index (Phi) is 3.78. The Morgan fingerprint density at radius 2 is 2.33 bits per heavy atom. The molecule has 2 rings (SSSR count). The molecule has 1 atom stereocenters. The highest BCUT2D eigenvalue weighted by atomic mass is 19.1. The Morgan fingerprint density at radius 1 is 1.56 bits per heavy atom. The number of amides is 1. The predicted molar refractivity (Wildman–Crippen MR) is 64.3 cm³/mol. The van der Waals surface area contributed by atoms with Gasteiger partial charge in [-0.15, -0.1) is 0 Å². The molecule has 0 bridgehead atoms. The summed E-state index contributed by atoms with van der Waals surface area (Å²) >= 11 is 0. The zero-order valence-corrected chi connectivity index (χ0v) is 9.90. The van der Waals surface area contributed by atoms with Crippen molar-refractivity contribution < 1.29 is 14.3 Å². The summed E-state index contributed by atoms with van der Waals surface area (Å²) in [6.45, 7) is 2.30. The van der Waals surface area contributed by atoms with Crippen LogP contribution in [-0.4, -0.2) is 41.6 Å². The van der Waals surface area contributed by atoms with Crippen LogP contribution in [0, 0.1) is 5.82 Å². The summed E-state index contributed by atoms with van der Waals surface area (Å²) in [5.74, 6) is -1.01. The van der Waals surface area contributed by atoms with E-state index in [0.717, 1.165) is 12.6 Å². The number of carbonyl (C=O) groups is 1. The van der Waals surface area contributed by atoms with E-state index in [9.17, 15) is 14.3 Å². The number of primary amides is 1. The molecule has 1 unspecified atom stereocenters. The zero-order valence-electron chi connectivity index (χ0n) is 9.90. The molecule has 1 aliphatic heterocycles. The van der Waals surface area contributed by atoms with E-state index in [1.54, 1.807) is 0 Å². The van der Waals surface area contributed by atoms with Crippen molar-refractivity contribution in [1.82, 2.24) is 10.2 Å². The fourth-order valence-corrected chi connectivity index (χ4v) is 2.18. The molecule has 0 radical (unpaired) electrons. The Labute approximate surface area is 104 Å². The van der Waals surface area contributed by atoms with Gasteiger partial charge in [-0.2, -0.15) is 0 Å². The highest BCUT2D eigenvalue weighted by Gasteiger charge is 2.26. The first-order valence-electron chi connectivity index (χ1n) is 5.79. The quantitative estimate of drug-likeness (QED) is 0.696. The van der Waals surface area contributed by atoms with Gasteiger partial charge in [-0.05, 0) is 17.7 Å². The lowest BCUT2D eigenvalue weighted by Gasteiger charge is -2.34. The molecule has 1 aromatic rings. The third-order valence-electron chi connectivity index (χ3n) is 3.01.